The Bertz CT molecular complexity index is 3440. The van der Waals surface area contributed by atoms with Gasteiger partial charge in [0.2, 0.25) is 70.9 Å². The number of H-pyrrole nitrogens is 1. The van der Waals surface area contributed by atoms with E-state index in [1.165, 1.54) is 6.92 Å². The van der Waals surface area contributed by atoms with Gasteiger partial charge < -0.3 is 107 Å². The first-order valence-corrected chi connectivity index (χ1v) is 39.3. The summed E-state index contributed by atoms with van der Waals surface area (Å²) in [7, 11) is 0. The van der Waals surface area contributed by atoms with Crippen LogP contribution >= 0.6 is 25.3 Å². The molecule has 0 aliphatic carbocycles. The Morgan fingerprint density at radius 3 is 1.20 bits per heavy atom. The van der Waals surface area contributed by atoms with E-state index < -0.39 is 174 Å². The van der Waals surface area contributed by atoms with E-state index in [0.29, 0.717) is 60.7 Å². The predicted molar refractivity (Wildman–Crippen MR) is 424 cm³/mol. The zero-order valence-electron chi connectivity index (χ0n) is 64.9. The molecular weight excluding hydrogens is 1460 g/mol. The van der Waals surface area contributed by atoms with Gasteiger partial charge in [-0.15, -0.1) is 0 Å². The summed E-state index contributed by atoms with van der Waals surface area (Å²) in [4.78, 5) is 186. The third kappa shape index (κ3) is 33.2. The molecule has 110 heavy (non-hydrogen) atoms. The van der Waals surface area contributed by atoms with Crippen LogP contribution in [-0.4, -0.2) is 220 Å². The van der Waals surface area contributed by atoms with E-state index in [-0.39, 0.29) is 107 Å². The van der Waals surface area contributed by atoms with Gasteiger partial charge in [-0.05, 0) is 144 Å². The van der Waals surface area contributed by atoms with Crippen LogP contribution < -0.4 is 86.7 Å². The number of carboxylic acid groups (broad SMARTS) is 1. The Hall–Kier alpha value is -8.45. The fourth-order valence-electron chi connectivity index (χ4n) is 12.0. The molecule has 12 amide bonds. The molecule has 15 atom stereocenters. The van der Waals surface area contributed by atoms with Crippen LogP contribution in [0.5, 0.6) is 0 Å². The first-order chi connectivity index (χ1) is 52.2. The molecule has 33 nitrogen and oxygen atoms in total. The Kier molecular flexibility index (Phi) is 43.9. The van der Waals surface area contributed by atoms with E-state index in [1.54, 1.807) is 102 Å². The quantitative estimate of drug-likeness (QED) is 0.0238. The average molecular weight is 1580 g/mol. The van der Waals surface area contributed by atoms with Crippen LogP contribution in [0, 0.1) is 23.7 Å². The number of aliphatic hydroxyl groups excluding tert-OH is 2. The smallest absolute Gasteiger partial charge is 0.327 e. The van der Waals surface area contributed by atoms with Crippen molar-refractivity contribution in [2.45, 2.75) is 243 Å². The molecular formula is C75H123N17O16S2. The second-order valence-corrected chi connectivity index (χ2v) is 29.9. The Labute approximate surface area is 655 Å². The number of aromatic amines is 1. The minimum absolute atomic E-state index is 0.00207. The van der Waals surface area contributed by atoms with Crippen molar-refractivity contribution in [3.63, 3.8) is 0 Å². The first kappa shape index (κ1) is 95.8. The highest BCUT2D eigenvalue weighted by molar-refractivity contribution is 7.80. The highest BCUT2D eigenvalue weighted by Crippen LogP contribution is 2.21. The molecule has 3 rings (SSSR count). The zero-order valence-corrected chi connectivity index (χ0v) is 66.7. The largest absolute Gasteiger partial charge is 0.480 e. The Morgan fingerprint density at radius 1 is 0.418 bits per heavy atom. The third-order valence-corrected chi connectivity index (χ3v) is 19.2. The first-order valence-electron chi connectivity index (χ1n) is 38.0. The number of para-hydroxylation sites is 1. The van der Waals surface area contributed by atoms with Crippen LogP contribution in [0.15, 0.2) is 60.8 Å². The molecule has 0 saturated carbocycles. The maximum absolute atomic E-state index is 14.8. The van der Waals surface area contributed by atoms with Crippen molar-refractivity contribution >= 4 is 113 Å². The van der Waals surface area contributed by atoms with E-state index in [9.17, 15) is 77.6 Å². The van der Waals surface area contributed by atoms with Crippen LogP contribution in [0.3, 0.4) is 0 Å². The Balaban J connectivity index is 1.97. The molecule has 35 heteroatoms. The lowest BCUT2D eigenvalue weighted by Crippen LogP contribution is -2.62. The third-order valence-electron chi connectivity index (χ3n) is 18.4. The van der Waals surface area contributed by atoms with Crippen molar-refractivity contribution < 1.29 is 77.6 Å². The van der Waals surface area contributed by atoms with Gasteiger partial charge in [-0.25, -0.2) is 4.79 Å². The maximum Gasteiger partial charge on any atom is 0.327 e. The summed E-state index contributed by atoms with van der Waals surface area (Å²) in [6, 6.07) is -2.55. The number of fused-ring (bicyclic) bond motifs is 1. The van der Waals surface area contributed by atoms with Gasteiger partial charge in [0.25, 0.3) is 0 Å². The summed E-state index contributed by atoms with van der Waals surface area (Å²) >= 11 is 8.16. The molecule has 2 aromatic carbocycles. The van der Waals surface area contributed by atoms with Crippen molar-refractivity contribution in [1.82, 2.24) is 68.8 Å². The molecule has 1 heterocycles. The normalized spacial score (nSPS) is 15.6. The molecule has 0 radical (unpaired) electrons. The number of hydrogen-bond donors (Lipinski definition) is 22. The van der Waals surface area contributed by atoms with Gasteiger partial charge in [-0.3, -0.25) is 57.5 Å². The zero-order chi connectivity index (χ0) is 82.3. The highest BCUT2D eigenvalue weighted by atomic mass is 32.1. The number of rotatable bonds is 53. The fraction of sp³-hybridized carbons (Fsp3) is 0.640. The lowest BCUT2D eigenvalue weighted by molar-refractivity contribution is -0.142. The van der Waals surface area contributed by atoms with E-state index in [0.717, 1.165) is 0 Å². The molecule has 0 fully saturated rings. The van der Waals surface area contributed by atoms with E-state index in [2.05, 4.69) is 94.0 Å². The maximum atomic E-state index is 14.8. The molecule has 0 unspecified atom stereocenters. The summed E-state index contributed by atoms with van der Waals surface area (Å²) < 4.78 is 0. The van der Waals surface area contributed by atoms with Crippen molar-refractivity contribution in [2.75, 3.05) is 37.7 Å². The summed E-state index contributed by atoms with van der Waals surface area (Å²) in [6.07, 6.45) is 2.51. The van der Waals surface area contributed by atoms with Gasteiger partial charge in [0.15, 0.2) is 0 Å². The topological polar surface area (TPSA) is 547 Å². The number of benzene rings is 2. The molecule has 0 saturated heterocycles. The molecule has 24 N–H and O–H groups in total. The SMILES string of the molecule is CC[C@H](C)[C@H](NC(=O)[C@H](Cc1c[nH]c2ccccc12)NC(=O)[C@H](CCCCN)NC(=O)[C@H](CO)NC(=O)[C@H](CC(C)C)NC(=O)[C@H](Cc1ccccc1)NC(=O)[C@@H](NC(=O)[C@H](CCCCN)NC(=O)[C@H](CC(C)C)NC(=O)[C@H](CC(C)C)NC(=O)[C@H](CCCCN)NC(=O)[C@@H](N)CS)[C@@H](C)O)C(=O)N[C@@H](CS)C(=O)O. The van der Waals surface area contributed by atoms with Crippen LogP contribution in [0.4, 0.5) is 0 Å². The van der Waals surface area contributed by atoms with Gasteiger partial charge >= 0.3 is 5.97 Å². The number of nitrogens with one attached hydrogen (secondary N) is 13. The summed E-state index contributed by atoms with van der Waals surface area (Å²) in [5.41, 5.74) is 25.1. The van der Waals surface area contributed by atoms with E-state index >= 15 is 0 Å². The second kappa shape index (κ2) is 50.4. The highest BCUT2D eigenvalue weighted by Gasteiger charge is 2.39. The van der Waals surface area contributed by atoms with Gasteiger partial charge in [-0.1, -0.05) is 110 Å². The number of carbonyl (C=O) groups is 13. The van der Waals surface area contributed by atoms with Crippen molar-refractivity contribution in [3.8, 4) is 0 Å². The number of hydrogen-bond acceptors (Lipinski definition) is 21. The number of aliphatic hydroxyl groups is 2. The number of carboxylic acids is 1. The monoisotopic (exact) mass is 1580 g/mol. The van der Waals surface area contributed by atoms with Gasteiger partial charge in [0.1, 0.15) is 72.5 Å². The number of nitrogens with two attached hydrogens (primary N) is 4. The minimum atomic E-state index is -1.80. The molecule has 0 aliphatic rings. The number of unbranched alkanes of at least 4 members (excludes halogenated alkanes) is 3. The molecule has 3 aromatic rings. The van der Waals surface area contributed by atoms with Crippen LogP contribution in [0.25, 0.3) is 10.9 Å². The molecule has 616 valence electrons. The van der Waals surface area contributed by atoms with E-state index in [4.69, 9.17) is 22.9 Å². The second-order valence-electron chi connectivity index (χ2n) is 29.2. The number of carbonyl (C=O) groups excluding carboxylic acids is 12. The van der Waals surface area contributed by atoms with Crippen LogP contribution in [0.2, 0.25) is 0 Å². The number of aliphatic carboxylic acids is 1. The van der Waals surface area contributed by atoms with Crippen LogP contribution in [-0.2, 0) is 75.2 Å². The lowest BCUT2D eigenvalue weighted by Gasteiger charge is -2.30. The molecule has 0 aliphatic heterocycles. The van der Waals surface area contributed by atoms with Crippen molar-refractivity contribution in [3.05, 3.63) is 71.9 Å². The molecule has 0 spiro atoms. The average Bonchev–Trinajstić information content (AvgIpc) is 1.71. The molecule has 1 aromatic heterocycles. The van der Waals surface area contributed by atoms with Crippen molar-refractivity contribution in [1.29, 1.82) is 0 Å². The number of thiol groups is 2. The summed E-state index contributed by atoms with van der Waals surface area (Å²) in [5, 5.41) is 64.1. The van der Waals surface area contributed by atoms with E-state index in [1.807, 2.05) is 13.8 Å². The fourth-order valence-corrected chi connectivity index (χ4v) is 12.4. The van der Waals surface area contributed by atoms with Gasteiger partial charge in [0.05, 0.1) is 18.8 Å². The van der Waals surface area contributed by atoms with Crippen LogP contribution in [0.1, 0.15) is 157 Å². The lowest BCUT2D eigenvalue weighted by atomic mass is 9.96. The van der Waals surface area contributed by atoms with Crippen molar-refractivity contribution in [2.24, 2.45) is 46.6 Å². The number of amides is 12. The minimum Gasteiger partial charge on any atom is -0.480 e. The Morgan fingerprint density at radius 2 is 0.773 bits per heavy atom. The van der Waals surface area contributed by atoms with Gasteiger partial charge in [0, 0.05) is 41.4 Å². The van der Waals surface area contributed by atoms with Gasteiger partial charge in [-0.2, -0.15) is 25.3 Å². The number of aromatic nitrogens is 1. The predicted octanol–water partition coefficient (Wildman–Crippen LogP) is -1.01. The summed E-state index contributed by atoms with van der Waals surface area (Å²) in [6.45, 7) is 15.1. The summed E-state index contributed by atoms with van der Waals surface area (Å²) in [5.74, 6) is -13.2. The standard InChI is InChI=1S/C75H123N17O16S2/c1-10-44(8)61(73(105)90-60(40-110)75(107)108)91-71(103)58(36-47-37-80-50-25-15-14-24-48(47)50)87-65(97)52(27-17-20-30-77)83-72(104)59(38-93)89-69(101)56(34-43(6)7)86-70(102)57(35-46-22-12-11-13-23-46)88-74(106)62(45(9)94)92-66(98)53(28-18-21-31-78)82-67(99)54(32-41(2)3)85-68(100)55(33-42(4)5)84-64(96)51(26-16-19-29-76)81-63(95)49(79)39-109/h11-15,22-25,37,41-45,49,51-62,80,93-94,109-110H,10,16-21,26-36,38-40,76-79H2,1-9H3,(H,81,95)(H,82,99)(H,83,104)(H,84,96)(H,85,100)(H,86,102)(H,87,97)(H,88,106)(H,89,101)(H,90,105)(H,91,103)(H,92,98)(H,107,108)/t44-,45+,49-,51-,52-,53-,54-,55-,56-,57-,58-,59-,60-,61-,62-/m0/s1. The molecule has 0 bridgehead atoms.